The molecule has 0 bridgehead atoms. The molecule has 3 aromatic heterocycles. The number of aromatic carboxylic acids is 1. The van der Waals surface area contributed by atoms with Crippen LogP contribution in [0, 0.1) is 6.92 Å². The summed E-state index contributed by atoms with van der Waals surface area (Å²) in [5, 5.41) is 14.1. The molecule has 0 spiro atoms. The monoisotopic (exact) mass is 331 g/mol. The predicted octanol–water partition coefficient (Wildman–Crippen LogP) is 3.96. The van der Waals surface area contributed by atoms with Gasteiger partial charge in [0, 0.05) is 23.5 Å². The normalized spacial score (nSPS) is 10.9. The van der Waals surface area contributed by atoms with Gasteiger partial charge >= 0.3 is 5.97 Å². The molecule has 0 saturated carbocycles. The van der Waals surface area contributed by atoms with Crippen molar-refractivity contribution >= 4 is 17.1 Å². The van der Waals surface area contributed by atoms with Gasteiger partial charge in [0.25, 0.3) is 5.71 Å². The second kappa shape index (κ2) is 5.83. The van der Waals surface area contributed by atoms with Gasteiger partial charge in [-0.15, -0.1) is 0 Å². The van der Waals surface area contributed by atoms with Gasteiger partial charge in [-0.1, -0.05) is 35.0 Å². The number of aromatic nitrogens is 3. The van der Waals surface area contributed by atoms with Crippen molar-refractivity contribution in [2.75, 3.05) is 0 Å². The number of carboxylic acid groups (broad SMARTS) is 1. The summed E-state index contributed by atoms with van der Waals surface area (Å²) < 4.78 is 5.34. The second-order valence-electron chi connectivity index (χ2n) is 5.68. The summed E-state index contributed by atoms with van der Waals surface area (Å²) in [6, 6.07) is 12.7. The lowest BCUT2D eigenvalue weighted by Crippen LogP contribution is -2.00. The highest BCUT2D eigenvalue weighted by molar-refractivity contribution is 6.07. The molecule has 1 aromatic carbocycles. The molecule has 0 saturated heterocycles. The van der Waals surface area contributed by atoms with Gasteiger partial charge in [0.2, 0.25) is 0 Å². The van der Waals surface area contributed by atoms with Crippen LogP contribution >= 0.6 is 0 Å². The molecular weight excluding hydrogens is 318 g/mol. The molecule has 3 heterocycles. The molecule has 0 fully saturated rings. The van der Waals surface area contributed by atoms with Gasteiger partial charge in [-0.05, 0) is 25.1 Å². The van der Waals surface area contributed by atoms with Crippen molar-refractivity contribution in [3.63, 3.8) is 0 Å². The number of carbonyl (C=O) groups is 1. The maximum Gasteiger partial charge on any atom is 0.336 e. The van der Waals surface area contributed by atoms with E-state index in [2.05, 4.69) is 15.1 Å². The van der Waals surface area contributed by atoms with E-state index in [1.54, 1.807) is 18.5 Å². The molecule has 0 aliphatic rings. The lowest BCUT2D eigenvalue weighted by atomic mass is 10.0. The Morgan fingerprint density at radius 1 is 1.12 bits per heavy atom. The van der Waals surface area contributed by atoms with E-state index in [0.29, 0.717) is 22.3 Å². The van der Waals surface area contributed by atoms with Gasteiger partial charge in [-0.2, -0.15) is 0 Å². The van der Waals surface area contributed by atoms with Gasteiger partial charge in [0.15, 0.2) is 0 Å². The highest BCUT2D eigenvalue weighted by atomic mass is 16.5. The van der Waals surface area contributed by atoms with Crippen LogP contribution in [0.4, 0.5) is 0 Å². The minimum Gasteiger partial charge on any atom is -0.478 e. The molecule has 0 unspecified atom stereocenters. The van der Waals surface area contributed by atoms with Gasteiger partial charge in [0.05, 0.1) is 16.6 Å². The molecule has 122 valence electrons. The third-order valence-corrected chi connectivity index (χ3v) is 3.96. The second-order valence-corrected chi connectivity index (χ2v) is 5.68. The molecular formula is C19H13N3O3. The zero-order valence-electron chi connectivity index (χ0n) is 13.3. The summed E-state index contributed by atoms with van der Waals surface area (Å²) in [5.41, 5.74) is 3.83. The van der Waals surface area contributed by atoms with Crippen LogP contribution in [0.2, 0.25) is 0 Å². The van der Waals surface area contributed by atoms with Crippen molar-refractivity contribution in [1.29, 1.82) is 0 Å². The minimum absolute atomic E-state index is 0.0979. The zero-order chi connectivity index (χ0) is 17.4. The number of hydrogen-bond acceptors (Lipinski definition) is 5. The Kier molecular flexibility index (Phi) is 3.50. The number of rotatable bonds is 3. The molecule has 0 amide bonds. The highest BCUT2D eigenvalue weighted by Gasteiger charge is 2.21. The standard InChI is InChI=1S/C19H13N3O3/c1-11-4-6-12(7-5-11)17-16-14(19(23)24)9-15(21-18(16)25-22-17)13-3-2-8-20-10-13/h2-10H,1H3,(H,23,24). The third-order valence-electron chi connectivity index (χ3n) is 3.96. The first-order chi connectivity index (χ1) is 12.1. The van der Waals surface area contributed by atoms with Crippen molar-refractivity contribution in [2.45, 2.75) is 6.92 Å². The summed E-state index contributed by atoms with van der Waals surface area (Å²) in [6.45, 7) is 1.98. The molecule has 6 heteroatoms. The van der Waals surface area contributed by atoms with Crippen molar-refractivity contribution in [3.8, 4) is 22.5 Å². The van der Waals surface area contributed by atoms with Crippen LogP contribution < -0.4 is 0 Å². The Labute approximate surface area is 142 Å². The van der Waals surface area contributed by atoms with Crippen LogP contribution in [-0.4, -0.2) is 26.2 Å². The van der Waals surface area contributed by atoms with E-state index in [9.17, 15) is 9.90 Å². The average molecular weight is 331 g/mol. The van der Waals surface area contributed by atoms with E-state index in [1.165, 1.54) is 6.07 Å². The van der Waals surface area contributed by atoms with Crippen molar-refractivity contribution in [2.24, 2.45) is 0 Å². The number of hydrogen-bond donors (Lipinski definition) is 1. The third kappa shape index (κ3) is 2.63. The fourth-order valence-electron chi connectivity index (χ4n) is 2.69. The van der Waals surface area contributed by atoms with Crippen LogP contribution in [0.15, 0.2) is 59.4 Å². The number of aryl methyl sites for hydroxylation is 1. The van der Waals surface area contributed by atoms with Gasteiger partial charge in [0.1, 0.15) is 5.69 Å². The maximum atomic E-state index is 11.8. The van der Waals surface area contributed by atoms with Crippen LogP contribution in [0.3, 0.4) is 0 Å². The van der Waals surface area contributed by atoms with Crippen LogP contribution in [-0.2, 0) is 0 Å². The van der Waals surface area contributed by atoms with Crippen molar-refractivity contribution < 1.29 is 14.4 Å². The Balaban J connectivity index is 1.97. The zero-order valence-corrected chi connectivity index (χ0v) is 13.3. The topological polar surface area (TPSA) is 89.1 Å². The first-order valence-corrected chi connectivity index (χ1v) is 7.64. The van der Waals surface area contributed by atoms with Crippen LogP contribution in [0.5, 0.6) is 0 Å². The first kappa shape index (κ1) is 15.0. The molecule has 4 rings (SSSR count). The predicted molar refractivity (Wildman–Crippen MR) is 92.2 cm³/mol. The quantitative estimate of drug-likeness (QED) is 0.611. The number of pyridine rings is 2. The van der Waals surface area contributed by atoms with E-state index >= 15 is 0 Å². The smallest absolute Gasteiger partial charge is 0.336 e. The Morgan fingerprint density at radius 2 is 1.92 bits per heavy atom. The fourth-order valence-corrected chi connectivity index (χ4v) is 2.69. The Bertz CT molecular complexity index is 1070. The Morgan fingerprint density at radius 3 is 2.60 bits per heavy atom. The molecule has 0 atom stereocenters. The summed E-state index contributed by atoms with van der Waals surface area (Å²) in [7, 11) is 0. The fraction of sp³-hybridized carbons (Fsp3) is 0.0526. The minimum atomic E-state index is -1.06. The number of nitrogens with zero attached hydrogens (tertiary/aromatic N) is 3. The number of carboxylic acids is 1. The molecule has 4 aromatic rings. The largest absolute Gasteiger partial charge is 0.478 e. The van der Waals surface area contributed by atoms with Crippen molar-refractivity contribution in [3.05, 3.63) is 66.0 Å². The van der Waals surface area contributed by atoms with E-state index < -0.39 is 5.97 Å². The van der Waals surface area contributed by atoms with Gasteiger partial charge in [-0.3, -0.25) is 4.98 Å². The van der Waals surface area contributed by atoms with E-state index in [4.69, 9.17) is 4.52 Å². The average Bonchev–Trinajstić information content (AvgIpc) is 3.06. The number of fused-ring (bicyclic) bond motifs is 1. The molecule has 0 aliphatic carbocycles. The first-order valence-electron chi connectivity index (χ1n) is 7.64. The molecule has 25 heavy (non-hydrogen) atoms. The van der Waals surface area contributed by atoms with E-state index in [0.717, 1.165) is 11.1 Å². The molecule has 6 nitrogen and oxygen atoms in total. The summed E-state index contributed by atoms with van der Waals surface area (Å²) in [4.78, 5) is 20.3. The lowest BCUT2D eigenvalue weighted by molar-refractivity contribution is 0.0699. The number of benzene rings is 1. The van der Waals surface area contributed by atoms with Gasteiger partial charge in [-0.25, -0.2) is 9.78 Å². The summed E-state index contributed by atoms with van der Waals surface area (Å²) >= 11 is 0. The van der Waals surface area contributed by atoms with Crippen LogP contribution in [0.1, 0.15) is 15.9 Å². The molecule has 0 radical (unpaired) electrons. The van der Waals surface area contributed by atoms with E-state index in [-0.39, 0.29) is 11.3 Å². The maximum absolute atomic E-state index is 11.8. The highest BCUT2D eigenvalue weighted by Crippen LogP contribution is 2.32. The van der Waals surface area contributed by atoms with Gasteiger partial charge < -0.3 is 9.63 Å². The molecule has 0 aliphatic heterocycles. The van der Waals surface area contributed by atoms with Crippen LogP contribution in [0.25, 0.3) is 33.6 Å². The summed E-state index contributed by atoms with van der Waals surface area (Å²) in [5.74, 6) is -1.06. The van der Waals surface area contributed by atoms with E-state index in [1.807, 2.05) is 37.3 Å². The Hall–Kier alpha value is -3.54. The lowest BCUT2D eigenvalue weighted by Gasteiger charge is -2.04. The van der Waals surface area contributed by atoms with Crippen molar-refractivity contribution in [1.82, 2.24) is 15.1 Å². The molecule has 1 N–H and O–H groups in total. The summed E-state index contributed by atoms with van der Waals surface area (Å²) in [6.07, 6.45) is 3.27. The SMILES string of the molecule is Cc1ccc(-c2noc3nc(-c4cccnc4)cc(C(=O)O)c23)cc1.